The summed E-state index contributed by atoms with van der Waals surface area (Å²) >= 11 is 0. The SMILES string of the molecule is Cc1cccc(-n2cccc2/C=N\Nc2ccc(C(F)(F)F)cc2[N+](=O)[O-])c1. The van der Waals surface area contributed by atoms with E-state index < -0.39 is 22.4 Å². The number of nitrogens with zero attached hydrogens (tertiary/aromatic N) is 3. The zero-order valence-corrected chi connectivity index (χ0v) is 14.6. The van der Waals surface area contributed by atoms with Crippen molar-refractivity contribution in [2.75, 3.05) is 5.43 Å². The number of aryl methyl sites for hydroxylation is 1. The molecule has 1 heterocycles. The van der Waals surface area contributed by atoms with E-state index in [1.54, 1.807) is 6.07 Å². The summed E-state index contributed by atoms with van der Waals surface area (Å²) < 4.78 is 40.1. The van der Waals surface area contributed by atoms with Gasteiger partial charge in [-0.1, -0.05) is 12.1 Å². The quantitative estimate of drug-likeness (QED) is 0.373. The predicted octanol–water partition coefficient (Wildman–Crippen LogP) is 5.16. The molecule has 0 aliphatic rings. The third-order valence-corrected chi connectivity index (χ3v) is 3.96. The van der Waals surface area contributed by atoms with Gasteiger partial charge in [0.1, 0.15) is 5.69 Å². The van der Waals surface area contributed by atoms with Gasteiger partial charge >= 0.3 is 6.18 Å². The van der Waals surface area contributed by atoms with Crippen LogP contribution in [0.4, 0.5) is 24.5 Å². The van der Waals surface area contributed by atoms with E-state index in [0.717, 1.165) is 23.4 Å². The lowest BCUT2D eigenvalue weighted by molar-refractivity contribution is -0.384. The van der Waals surface area contributed by atoms with Crippen LogP contribution in [-0.4, -0.2) is 15.7 Å². The molecule has 9 heteroatoms. The zero-order chi connectivity index (χ0) is 20.3. The molecule has 0 saturated carbocycles. The number of nitrogens with one attached hydrogen (secondary N) is 1. The zero-order valence-electron chi connectivity index (χ0n) is 14.6. The van der Waals surface area contributed by atoms with Crippen molar-refractivity contribution >= 4 is 17.6 Å². The molecular weight excluding hydrogens is 373 g/mol. The Morgan fingerprint density at radius 3 is 2.61 bits per heavy atom. The van der Waals surface area contributed by atoms with Crippen LogP contribution in [0.1, 0.15) is 16.8 Å². The molecule has 3 aromatic rings. The topological polar surface area (TPSA) is 72.5 Å². The first-order valence-corrected chi connectivity index (χ1v) is 8.15. The second kappa shape index (κ2) is 7.55. The van der Waals surface area contributed by atoms with Crippen molar-refractivity contribution in [2.24, 2.45) is 5.10 Å². The lowest BCUT2D eigenvalue weighted by atomic mass is 10.1. The van der Waals surface area contributed by atoms with E-state index in [9.17, 15) is 23.3 Å². The first-order valence-electron chi connectivity index (χ1n) is 8.15. The molecule has 0 spiro atoms. The fourth-order valence-corrected chi connectivity index (χ4v) is 2.63. The van der Waals surface area contributed by atoms with E-state index in [1.165, 1.54) is 6.21 Å². The average molecular weight is 388 g/mol. The molecule has 0 bridgehead atoms. The molecule has 1 aromatic heterocycles. The van der Waals surface area contributed by atoms with Crippen LogP contribution in [0.5, 0.6) is 0 Å². The van der Waals surface area contributed by atoms with Crippen LogP contribution in [-0.2, 0) is 6.18 Å². The number of benzene rings is 2. The van der Waals surface area contributed by atoms with Gasteiger partial charge in [0.05, 0.1) is 22.4 Å². The van der Waals surface area contributed by atoms with Crippen molar-refractivity contribution in [1.82, 2.24) is 4.57 Å². The van der Waals surface area contributed by atoms with Gasteiger partial charge < -0.3 is 4.57 Å². The van der Waals surface area contributed by atoms with Crippen LogP contribution < -0.4 is 5.43 Å². The second-order valence-electron chi connectivity index (χ2n) is 6.00. The summed E-state index contributed by atoms with van der Waals surface area (Å²) in [6.07, 6.45) is -1.40. The number of halogens is 3. The minimum absolute atomic E-state index is 0.136. The number of hydrazone groups is 1. The number of alkyl halides is 3. The monoisotopic (exact) mass is 388 g/mol. The predicted molar refractivity (Wildman–Crippen MR) is 99.8 cm³/mol. The molecule has 0 aliphatic heterocycles. The van der Waals surface area contributed by atoms with Gasteiger partial charge in [-0.3, -0.25) is 15.5 Å². The minimum atomic E-state index is -4.67. The average Bonchev–Trinajstić information content (AvgIpc) is 3.09. The van der Waals surface area contributed by atoms with Gasteiger partial charge in [0.25, 0.3) is 5.69 Å². The standard InChI is InChI=1S/C19H15F3N4O2/c1-13-4-2-5-15(10-13)25-9-3-6-16(25)12-23-24-17-8-7-14(19(20,21)22)11-18(17)26(27)28/h2-12,24H,1H3/b23-12-. The highest BCUT2D eigenvalue weighted by atomic mass is 19.4. The van der Waals surface area contributed by atoms with Crippen molar-refractivity contribution in [3.8, 4) is 5.69 Å². The minimum Gasteiger partial charge on any atom is -0.316 e. The highest BCUT2D eigenvalue weighted by molar-refractivity contribution is 5.80. The maximum absolute atomic E-state index is 12.8. The number of rotatable bonds is 5. The Balaban J connectivity index is 1.85. The van der Waals surface area contributed by atoms with Gasteiger partial charge in [0, 0.05) is 18.0 Å². The van der Waals surface area contributed by atoms with E-state index in [4.69, 9.17) is 0 Å². The van der Waals surface area contributed by atoms with E-state index >= 15 is 0 Å². The third kappa shape index (κ3) is 4.20. The van der Waals surface area contributed by atoms with Crippen molar-refractivity contribution in [3.05, 3.63) is 87.7 Å². The Bertz CT molecular complexity index is 1040. The molecule has 0 amide bonds. The molecule has 0 unspecified atom stereocenters. The molecular formula is C19H15F3N4O2. The van der Waals surface area contributed by atoms with Gasteiger partial charge in [0.15, 0.2) is 0 Å². The van der Waals surface area contributed by atoms with Gasteiger partial charge in [-0.25, -0.2) is 0 Å². The van der Waals surface area contributed by atoms with E-state index in [2.05, 4.69) is 10.5 Å². The first-order chi connectivity index (χ1) is 13.3. The smallest absolute Gasteiger partial charge is 0.316 e. The summed E-state index contributed by atoms with van der Waals surface area (Å²) in [7, 11) is 0. The van der Waals surface area contributed by atoms with Crippen LogP contribution in [0.25, 0.3) is 5.69 Å². The highest BCUT2D eigenvalue weighted by Crippen LogP contribution is 2.34. The summed E-state index contributed by atoms with van der Waals surface area (Å²) in [6, 6.07) is 13.6. The summed E-state index contributed by atoms with van der Waals surface area (Å²) in [4.78, 5) is 10.2. The molecule has 0 radical (unpaired) electrons. The number of aromatic nitrogens is 1. The third-order valence-electron chi connectivity index (χ3n) is 3.96. The van der Waals surface area contributed by atoms with Crippen LogP contribution in [0.15, 0.2) is 65.9 Å². The molecule has 2 aromatic carbocycles. The molecule has 28 heavy (non-hydrogen) atoms. The molecule has 0 fully saturated rings. The van der Waals surface area contributed by atoms with E-state index in [0.29, 0.717) is 11.8 Å². The number of nitro benzene ring substituents is 1. The summed E-state index contributed by atoms with van der Waals surface area (Å²) in [5, 5.41) is 15.1. The lowest BCUT2D eigenvalue weighted by Crippen LogP contribution is -2.07. The first kappa shape index (κ1) is 19.2. The molecule has 6 nitrogen and oxygen atoms in total. The molecule has 144 valence electrons. The fourth-order valence-electron chi connectivity index (χ4n) is 2.63. The van der Waals surface area contributed by atoms with Crippen LogP contribution in [0, 0.1) is 17.0 Å². The lowest BCUT2D eigenvalue weighted by Gasteiger charge is -2.09. The number of anilines is 1. The van der Waals surface area contributed by atoms with Crippen molar-refractivity contribution < 1.29 is 18.1 Å². The Hall–Kier alpha value is -3.62. The fraction of sp³-hybridized carbons (Fsp3) is 0.105. The van der Waals surface area contributed by atoms with Crippen molar-refractivity contribution in [2.45, 2.75) is 13.1 Å². The number of hydrogen-bond acceptors (Lipinski definition) is 4. The van der Waals surface area contributed by atoms with Crippen molar-refractivity contribution in [1.29, 1.82) is 0 Å². The van der Waals surface area contributed by atoms with Gasteiger partial charge in [0.2, 0.25) is 0 Å². The maximum atomic E-state index is 12.8. The maximum Gasteiger partial charge on any atom is 0.416 e. The van der Waals surface area contributed by atoms with Crippen molar-refractivity contribution in [3.63, 3.8) is 0 Å². The van der Waals surface area contributed by atoms with Crippen LogP contribution in [0.2, 0.25) is 0 Å². The molecule has 0 saturated heterocycles. The second-order valence-corrected chi connectivity index (χ2v) is 6.00. The molecule has 3 rings (SSSR count). The summed E-state index contributed by atoms with van der Waals surface area (Å²) in [5.74, 6) is 0. The van der Waals surface area contributed by atoms with E-state index in [1.807, 2.05) is 48.0 Å². The van der Waals surface area contributed by atoms with Crippen LogP contribution >= 0.6 is 0 Å². The Kier molecular flexibility index (Phi) is 5.16. The number of nitro groups is 1. The largest absolute Gasteiger partial charge is 0.416 e. The Morgan fingerprint density at radius 2 is 1.93 bits per heavy atom. The number of hydrogen-bond donors (Lipinski definition) is 1. The van der Waals surface area contributed by atoms with Gasteiger partial charge in [-0.05, 0) is 48.9 Å². The Morgan fingerprint density at radius 1 is 1.14 bits per heavy atom. The van der Waals surface area contributed by atoms with E-state index in [-0.39, 0.29) is 5.69 Å². The molecule has 0 aliphatic carbocycles. The molecule has 1 N–H and O–H groups in total. The highest BCUT2D eigenvalue weighted by Gasteiger charge is 2.33. The Labute approximate surface area is 158 Å². The van der Waals surface area contributed by atoms with Crippen LogP contribution in [0.3, 0.4) is 0 Å². The van der Waals surface area contributed by atoms with Gasteiger partial charge in [-0.15, -0.1) is 0 Å². The molecule has 0 atom stereocenters. The van der Waals surface area contributed by atoms with Gasteiger partial charge in [-0.2, -0.15) is 18.3 Å². The summed E-state index contributed by atoms with van der Waals surface area (Å²) in [6.45, 7) is 1.96. The normalized spacial score (nSPS) is 11.7. The summed E-state index contributed by atoms with van der Waals surface area (Å²) in [5.41, 5.74) is 3.18.